The molecule has 0 bridgehead atoms. The maximum absolute atomic E-state index is 14.0. The van der Waals surface area contributed by atoms with E-state index in [0.717, 1.165) is 12.1 Å². The molecule has 2 aromatic heterocycles. The molecule has 1 N–H and O–H groups in total. The molecule has 0 spiro atoms. The van der Waals surface area contributed by atoms with E-state index in [-0.39, 0.29) is 5.82 Å². The van der Waals surface area contributed by atoms with Crippen molar-refractivity contribution in [3.8, 4) is 22.6 Å². The second-order valence-corrected chi connectivity index (χ2v) is 6.36. The number of hydrogen-bond acceptors (Lipinski definition) is 4. The highest BCUT2D eigenvalue weighted by atomic mass is 19.1. The van der Waals surface area contributed by atoms with Crippen LogP contribution in [0.2, 0.25) is 0 Å². The van der Waals surface area contributed by atoms with Gasteiger partial charge in [0, 0.05) is 12.6 Å². The summed E-state index contributed by atoms with van der Waals surface area (Å²) < 4.78 is 43.0. The molecule has 150 valence electrons. The van der Waals surface area contributed by atoms with E-state index in [2.05, 4.69) is 20.4 Å². The summed E-state index contributed by atoms with van der Waals surface area (Å²) in [6.45, 7) is 0. The molecule has 0 saturated carbocycles. The summed E-state index contributed by atoms with van der Waals surface area (Å²) in [6, 6.07) is 11.1. The Kier molecular flexibility index (Phi) is 5.01. The van der Waals surface area contributed by atoms with Gasteiger partial charge >= 0.3 is 0 Å². The van der Waals surface area contributed by atoms with E-state index in [1.54, 1.807) is 31.3 Å². The van der Waals surface area contributed by atoms with Gasteiger partial charge in [0.15, 0.2) is 5.82 Å². The summed E-state index contributed by atoms with van der Waals surface area (Å²) in [6.07, 6.45) is 2.62. The van der Waals surface area contributed by atoms with Crippen molar-refractivity contribution in [2.24, 2.45) is 7.05 Å². The summed E-state index contributed by atoms with van der Waals surface area (Å²) in [5.41, 5.74) is 1.06. The van der Waals surface area contributed by atoms with Gasteiger partial charge in [0.2, 0.25) is 0 Å². The fourth-order valence-corrected chi connectivity index (χ4v) is 2.93. The molecule has 2 aromatic carbocycles. The maximum atomic E-state index is 14.0. The first-order valence-electron chi connectivity index (χ1n) is 8.81. The number of amides is 1. The van der Waals surface area contributed by atoms with Crippen LogP contribution in [0.1, 0.15) is 10.4 Å². The summed E-state index contributed by atoms with van der Waals surface area (Å²) in [5, 5.41) is 6.61. The molecule has 6 nitrogen and oxygen atoms in total. The standard InChI is InChI=1S/C21H14F3N5O/c1-29-18(9-16(28-29)12-5-2-3-6-13(12)22)17-10-26-19(11-25-17)27-21(30)20-14(23)7-4-8-15(20)24/h2-11H,1H3,(H,26,27,30). The van der Waals surface area contributed by atoms with E-state index in [9.17, 15) is 18.0 Å². The van der Waals surface area contributed by atoms with Gasteiger partial charge in [-0.05, 0) is 30.3 Å². The van der Waals surface area contributed by atoms with E-state index in [0.29, 0.717) is 22.6 Å². The van der Waals surface area contributed by atoms with Crippen molar-refractivity contribution in [3.63, 3.8) is 0 Å². The third kappa shape index (κ3) is 3.64. The van der Waals surface area contributed by atoms with Crippen LogP contribution in [0.4, 0.5) is 19.0 Å². The van der Waals surface area contributed by atoms with Crippen molar-refractivity contribution in [3.05, 3.63) is 83.9 Å². The van der Waals surface area contributed by atoms with Crippen LogP contribution < -0.4 is 5.32 Å². The Bertz CT molecular complexity index is 1220. The Morgan fingerprint density at radius 2 is 1.60 bits per heavy atom. The van der Waals surface area contributed by atoms with Gasteiger partial charge in [0.25, 0.3) is 5.91 Å². The quantitative estimate of drug-likeness (QED) is 0.548. The highest BCUT2D eigenvalue weighted by Gasteiger charge is 2.18. The molecule has 0 atom stereocenters. The number of carbonyl (C=O) groups excluding carboxylic acids is 1. The molecule has 0 aliphatic carbocycles. The number of nitrogens with zero attached hydrogens (tertiary/aromatic N) is 4. The number of carbonyl (C=O) groups is 1. The Morgan fingerprint density at radius 1 is 0.900 bits per heavy atom. The first-order chi connectivity index (χ1) is 14.4. The number of anilines is 1. The second-order valence-electron chi connectivity index (χ2n) is 6.36. The van der Waals surface area contributed by atoms with E-state index in [4.69, 9.17) is 0 Å². The van der Waals surface area contributed by atoms with Crippen LogP contribution >= 0.6 is 0 Å². The predicted octanol–water partition coefficient (Wildman–Crippen LogP) is 4.21. The van der Waals surface area contributed by atoms with Crippen LogP contribution in [-0.4, -0.2) is 25.7 Å². The van der Waals surface area contributed by atoms with Crippen LogP contribution in [0.15, 0.2) is 60.9 Å². The Hall–Kier alpha value is -4.01. The molecule has 4 aromatic rings. The number of aryl methyl sites for hydroxylation is 1. The highest BCUT2D eigenvalue weighted by molar-refractivity contribution is 6.04. The number of benzene rings is 2. The van der Waals surface area contributed by atoms with Gasteiger partial charge in [0.1, 0.15) is 28.7 Å². The summed E-state index contributed by atoms with van der Waals surface area (Å²) >= 11 is 0. The molecule has 1 amide bonds. The Balaban J connectivity index is 1.57. The van der Waals surface area contributed by atoms with Gasteiger partial charge in [-0.3, -0.25) is 9.48 Å². The van der Waals surface area contributed by atoms with Crippen molar-refractivity contribution in [2.75, 3.05) is 5.32 Å². The summed E-state index contributed by atoms with van der Waals surface area (Å²) in [7, 11) is 1.68. The number of nitrogens with one attached hydrogen (secondary N) is 1. The molecule has 30 heavy (non-hydrogen) atoms. The monoisotopic (exact) mass is 409 g/mol. The molecule has 2 heterocycles. The van der Waals surface area contributed by atoms with Crippen LogP contribution in [0.5, 0.6) is 0 Å². The first-order valence-corrected chi connectivity index (χ1v) is 8.81. The van der Waals surface area contributed by atoms with Crippen molar-refractivity contribution in [2.45, 2.75) is 0 Å². The fraction of sp³-hybridized carbons (Fsp3) is 0.0476. The summed E-state index contributed by atoms with van der Waals surface area (Å²) in [5.74, 6) is -3.31. The number of halogens is 3. The average molecular weight is 409 g/mol. The van der Waals surface area contributed by atoms with Crippen molar-refractivity contribution in [1.29, 1.82) is 0 Å². The smallest absolute Gasteiger partial charge is 0.262 e. The SMILES string of the molecule is Cn1nc(-c2ccccc2F)cc1-c1cnc(NC(=O)c2c(F)cccc2F)cn1. The zero-order chi connectivity index (χ0) is 21.3. The zero-order valence-corrected chi connectivity index (χ0v) is 15.6. The third-order valence-corrected chi connectivity index (χ3v) is 4.38. The van der Waals surface area contributed by atoms with E-state index in [1.807, 2.05) is 0 Å². The van der Waals surface area contributed by atoms with E-state index < -0.39 is 28.9 Å². The molecule has 0 aliphatic rings. The van der Waals surface area contributed by atoms with Gasteiger partial charge < -0.3 is 5.32 Å². The predicted molar refractivity (Wildman–Crippen MR) is 104 cm³/mol. The average Bonchev–Trinajstić information content (AvgIpc) is 3.10. The molecule has 0 radical (unpaired) electrons. The lowest BCUT2D eigenvalue weighted by Crippen LogP contribution is -2.16. The minimum atomic E-state index is -0.979. The topological polar surface area (TPSA) is 72.7 Å². The van der Waals surface area contributed by atoms with Crippen molar-refractivity contribution >= 4 is 11.7 Å². The van der Waals surface area contributed by atoms with Gasteiger partial charge in [-0.15, -0.1) is 0 Å². The molecule has 9 heteroatoms. The van der Waals surface area contributed by atoms with Crippen LogP contribution in [0, 0.1) is 17.5 Å². The Labute approximate surface area is 169 Å². The molecular formula is C21H14F3N5O. The fourth-order valence-electron chi connectivity index (χ4n) is 2.93. The van der Waals surface area contributed by atoms with Crippen LogP contribution in [0.3, 0.4) is 0 Å². The largest absolute Gasteiger partial charge is 0.305 e. The normalized spacial score (nSPS) is 10.8. The zero-order valence-electron chi connectivity index (χ0n) is 15.6. The number of aromatic nitrogens is 4. The molecular weight excluding hydrogens is 395 g/mol. The lowest BCUT2D eigenvalue weighted by atomic mass is 10.1. The van der Waals surface area contributed by atoms with Crippen molar-refractivity contribution < 1.29 is 18.0 Å². The van der Waals surface area contributed by atoms with Gasteiger partial charge in [-0.2, -0.15) is 5.10 Å². The Morgan fingerprint density at radius 3 is 2.27 bits per heavy atom. The van der Waals surface area contributed by atoms with Gasteiger partial charge in [-0.1, -0.05) is 18.2 Å². The minimum Gasteiger partial charge on any atom is -0.305 e. The maximum Gasteiger partial charge on any atom is 0.262 e. The molecule has 0 saturated heterocycles. The minimum absolute atomic E-state index is 0.0166. The number of rotatable bonds is 4. The van der Waals surface area contributed by atoms with Crippen LogP contribution in [0.25, 0.3) is 22.6 Å². The molecule has 0 unspecified atom stereocenters. The van der Waals surface area contributed by atoms with Crippen molar-refractivity contribution in [1.82, 2.24) is 19.7 Å². The molecule has 0 fully saturated rings. The highest BCUT2D eigenvalue weighted by Crippen LogP contribution is 2.26. The number of hydrogen-bond donors (Lipinski definition) is 1. The lowest BCUT2D eigenvalue weighted by Gasteiger charge is -2.07. The second kappa shape index (κ2) is 7.78. The third-order valence-electron chi connectivity index (χ3n) is 4.38. The van der Waals surface area contributed by atoms with E-state index in [1.165, 1.54) is 29.2 Å². The molecule has 0 aliphatic heterocycles. The molecule has 4 rings (SSSR count). The van der Waals surface area contributed by atoms with Crippen LogP contribution in [-0.2, 0) is 7.05 Å². The van der Waals surface area contributed by atoms with Gasteiger partial charge in [0.05, 0.1) is 23.8 Å². The first kappa shape index (κ1) is 19.3. The summed E-state index contributed by atoms with van der Waals surface area (Å²) in [4.78, 5) is 20.4. The lowest BCUT2D eigenvalue weighted by molar-refractivity contribution is 0.101. The van der Waals surface area contributed by atoms with Gasteiger partial charge in [-0.25, -0.2) is 23.1 Å². The van der Waals surface area contributed by atoms with E-state index >= 15 is 0 Å².